The van der Waals surface area contributed by atoms with E-state index in [2.05, 4.69) is 135 Å². The highest BCUT2D eigenvalue weighted by molar-refractivity contribution is 5.74. The molecule has 494 valence electrons. The first-order valence-electron chi connectivity index (χ1n) is 34.3. The molecule has 4 rings (SSSR count). The predicted octanol–water partition coefficient (Wildman–Crippen LogP) is 19.9. The summed E-state index contributed by atoms with van der Waals surface area (Å²) in [5.74, 6) is 1.16. The Morgan fingerprint density at radius 1 is 0.386 bits per heavy atom. The number of carbonyl (C=O) groups excluding carboxylic acids is 2. The van der Waals surface area contributed by atoms with Gasteiger partial charge in [-0.3, -0.25) is 9.59 Å². The van der Waals surface area contributed by atoms with E-state index >= 15 is 0 Å². The fourth-order valence-electron chi connectivity index (χ4n) is 11.5. The standard InChI is InChI=1S/C78H122O10/c1-17-20-22-24-26-28-30-32-34-36-46-83-54-64(87-70(79)52-58-48-66(74(4,5)6)72(81)67(49-58)75(7,8)9)56-85-62-42-38-60(39-43-62)78(16,19-3)61-40-44-63(45-41-61)86-57-65(55-84-47-37-35-33-31-29-27-25-23-21-18-2)88-71(80)53-59-50-68(76(10,11)12)73(82)69(51-59)77(13,14)15/h38-45,48-51,64-65,81-82H,17-37,46-47,52-57H2,1-16H3. The Morgan fingerprint density at radius 2 is 0.659 bits per heavy atom. The Hall–Kier alpha value is -5.06. The van der Waals surface area contributed by atoms with Crippen LogP contribution in [-0.2, 0) is 68.5 Å². The lowest BCUT2D eigenvalue weighted by atomic mass is 9.74. The molecule has 0 aliphatic carbocycles. The van der Waals surface area contributed by atoms with Crippen molar-refractivity contribution in [2.45, 2.75) is 298 Å². The first-order valence-corrected chi connectivity index (χ1v) is 34.3. The van der Waals surface area contributed by atoms with Gasteiger partial charge in [0, 0.05) is 18.6 Å². The van der Waals surface area contributed by atoms with Crippen LogP contribution in [0.5, 0.6) is 23.0 Å². The molecule has 0 heterocycles. The van der Waals surface area contributed by atoms with Gasteiger partial charge in [-0.1, -0.05) is 275 Å². The highest BCUT2D eigenvalue weighted by atomic mass is 16.6. The summed E-state index contributed by atoms with van der Waals surface area (Å²) in [6.07, 6.45) is 24.5. The molecule has 0 saturated carbocycles. The smallest absolute Gasteiger partial charge is 0.310 e. The lowest BCUT2D eigenvalue weighted by Gasteiger charge is -2.30. The van der Waals surface area contributed by atoms with Gasteiger partial charge in [-0.25, -0.2) is 0 Å². The van der Waals surface area contributed by atoms with E-state index in [0.29, 0.717) is 24.7 Å². The lowest BCUT2D eigenvalue weighted by Crippen LogP contribution is -2.31. The largest absolute Gasteiger partial charge is 0.507 e. The van der Waals surface area contributed by atoms with Crippen LogP contribution in [0.15, 0.2) is 72.8 Å². The topological polar surface area (TPSA) is 130 Å². The van der Waals surface area contributed by atoms with E-state index in [1.165, 1.54) is 103 Å². The number of ether oxygens (including phenoxy) is 6. The average Bonchev–Trinajstić information content (AvgIpc) is 0.928. The van der Waals surface area contributed by atoms with Crippen LogP contribution >= 0.6 is 0 Å². The third-order valence-corrected chi connectivity index (χ3v) is 17.3. The molecule has 0 spiro atoms. The summed E-state index contributed by atoms with van der Waals surface area (Å²) in [4.78, 5) is 27.6. The molecule has 0 aromatic heterocycles. The molecule has 4 aromatic rings. The number of carbonyl (C=O) groups is 2. The van der Waals surface area contributed by atoms with E-state index in [9.17, 15) is 19.8 Å². The van der Waals surface area contributed by atoms with E-state index in [1.807, 2.05) is 48.5 Å². The van der Waals surface area contributed by atoms with Gasteiger partial charge >= 0.3 is 11.9 Å². The van der Waals surface area contributed by atoms with Gasteiger partial charge in [-0.2, -0.15) is 0 Å². The van der Waals surface area contributed by atoms with Crippen molar-refractivity contribution >= 4 is 11.9 Å². The molecular formula is C78H122O10. The monoisotopic (exact) mass is 1220 g/mol. The average molecular weight is 1220 g/mol. The van der Waals surface area contributed by atoms with Crippen LogP contribution in [0.2, 0.25) is 0 Å². The zero-order chi connectivity index (χ0) is 65.0. The second-order valence-corrected chi connectivity index (χ2v) is 29.5. The minimum atomic E-state index is -0.628. The molecule has 2 atom stereocenters. The number of hydrogen-bond donors (Lipinski definition) is 2. The Balaban J connectivity index is 1.43. The Kier molecular flexibility index (Phi) is 32.0. The van der Waals surface area contributed by atoms with Crippen LogP contribution in [-0.4, -0.2) is 74.0 Å². The van der Waals surface area contributed by atoms with E-state index in [-0.39, 0.29) is 89.8 Å². The summed E-state index contributed by atoms with van der Waals surface area (Å²) in [6, 6.07) is 24.1. The highest BCUT2D eigenvalue weighted by Gasteiger charge is 2.31. The van der Waals surface area contributed by atoms with Crippen molar-refractivity contribution in [2.75, 3.05) is 39.6 Å². The summed E-state index contributed by atoms with van der Waals surface area (Å²) < 4.78 is 37.5. The van der Waals surface area contributed by atoms with Crippen molar-refractivity contribution in [2.24, 2.45) is 0 Å². The van der Waals surface area contributed by atoms with Crippen molar-refractivity contribution in [1.29, 1.82) is 0 Å². The summed E-state index contributed by atoms with van der Waals surface area (Å²) >= 11 is 0. The maximum absolute atomic E-state index is 13.8. The van der Waals surface area contributed by atoms with Crippen LogP contribution in [0.1, 0.15) is 290 Å². The fraction of sp³-hybridized carbons (Fsp3) is 0.667. The molecule has 0 saturated heterocycles. The summed E-state index contributed by atoms with van der Waals surface area (Å²) in [7, 11) is 0. The van der Waals surface area contributed by atoms with Gasteiger partial charge in [0.1, 0.15) is 36.2 Å². The third kappa shape index (κ3) is 26.4. The molecule has 0 amide bonds. The Bertz CT molecular complexity index is 2380. The summed E-state index contributed by atoms with van der Waals surface area (Å²) in [5, 5.41) is 22.7. The van der Waals surface area contributed by atoms with Gasteiger partial charge in [0.25, 0.3) is 0 Å². The minimum absolute atomic E-state index is 0.0592. The Morgan fingerprint density at radius 3 is 0.920 bits per heavy atom. The number of aromatic hydroxyl groups is 2. The van der Waals surface area contributed by atoms with Crippen LogP contribution < -0.4 is 9.47 Å². The molecule has 10 heteroatoms. The highest BCUT2D eigenvalue weighted by Crippen LogP contribution is 2.42. The van der Waals surface area contributed by atoms with E-state index in [4.69, 9.17) is 28.4 Å². The number of hydrogen-bond acceptors (Lipinski definition) is 10. The second-order valence-electron chi connectivity index (χ2n) is 29.5. The SMILES string of the molecule is CCCCCCCCCCCCOCC(COc1ccc(C(C)(CC)c2ccc(OCC(COCCCCCCCCCCCC)OC(=O)Cc3cc(C(C)(C)C)c(O)c(C(C)(C)C)c3)cc2)cc1)OC(=O)Cc1cc(C(C)(C)C)c(O)c(C(C)(C)C)c1. The van der Waals surface area contributed by atoms with Crippen LogP contribution in [0.25, 0.3) is 0 Å². The number of phenols is 2. The van der Waals surface area contributed by atoms with E-state index < -0.39 is 12.2 Å². The minimum Gasteiger partial charge on any atom is -0.507 e. The van der Waals surface area contributed by atoms with Gasteiger partial charge < -0.3 is 38.6 Å². The van der Waals surface area contributed by atoms with E-state index in [1.54, 1.807) is 0 Å². The third-order valence-electron chi connectivity index (χ3n) is 17.3. The number of rotatable bonds is 41. The van der Waals surface area contributed by atoms with Gasteiger partial charge in [0.2, 0.25) is 0 Å². The molecule has 0 aliphatic rings. The maximum Gasteiger partial charge on any atom is 0.310 e. The van der Waals surface area contributed by atoms with Crippen molar-refractivity contribution in [3.63, 3.8) is 0 Å². The molecule has 88 heavy (non-hydrogen) atoms. The zero-order valence-corrected chi connectivity index (χ0v) is 58.2. The number of benzene rings is 4. The van der Waals surface area contributed by atoms with Gasteiger partial charge in [-0.05, 0) is 110 Å². The maximum atomic E-state index is 13.8. The molecule has 4 aromatic carbocycles. The Labute approximate surface area is 535 Å². The van der Waals surface area contributed by atoms with Gasteiger partial charge in [0.15, 0.2) is 12.2 Å². The van der Waals surface area contributed by atoms with Crippen LogP contribution in [0.3, 0.4) is 0 Å². The predicted molar refractivity (Wildman–Crippen MR) is 364 cm³/mol. The van der Waals surface area contributed by atoms with Crippen molar-refractivity contribution < 1.29 is 48.2 Å². The first-order chi connectivity index (χ1) is 41.6. The normalized spacial score (nSPS) is 13.7. The first kappa shape index (κ1) is 75.4. The van der Waals surface area contributed by atoms with Gasteiger partial charge in [-0.15, -0.1) is 0 Å². The summed E-state index contributed by atoms with van der Waals surface area (Å²) in [5.41, 5.74) is 5.44. The lowest BCUT2D eigenvalue weighted by molar-refractivity contribution is -0.154. The molecule has 2 N–H and O–H groups in total. The number of esters is 2. The quantitative estimate of drug-likeness (QED) is 0.0327. The molecule has 0 bridgehead atoms. The molecular weight excluding hydrogens is 1100 g/mol. The second kappa shape index (κ2) is 37.3. The van der Waals surface area contributed by atoms with Crippen molar-refractivity contribution in [3.8, 4) is 23.0 Å². The van der Waals surface area contributed by atoms with Crippen molar-refractivity contribution in [1.82, 2.24) is 0 Å². The molecule has 10 nitrogen and oxygen atoms in total. The summed E-state index contributed by atoms with van der Waals surface area (Å²) in [6.45, 7) is 35.7. The molecule has 0 aliphatic heterocycles. The van der Waals surface area contributed by atoms with Crippen LogP contribution in [0, 0.1) is 0 Å². The zero-order valence-electron chi connectivity index (χ0n) is 58.2. The number of unbranched alkanes of at least 4 members (excludes halogenated alkanes) is 18. The molecule has 0 fully saturated rings. The van der Waals surface area contributed by atoms with Crippen LogP contribution in [0.4, 0.5) is 0 Å². The van der Waals surface area contributed by atoms with Gasteiger partial charge in [0.05, 0.1) is 26.1 Å². The fourth-order valence-corrected chi connectivity index (χ4v) is 11.5. The molecule has 0 radical (unpaired) electrons. The van der Waals surface area contributed by atoms with E-state index in [0.717, 1.165) is 76.6 Å². The number of phenolic OH excluding ortho intramolecular Hbond substituents is 2. The molecule has 2 unspecified atom stereocenters. The van der Waals surface area contributed by atoms with Crippen molar-refractivity contribution in [3.05, 3.63) is 117 Å².